The maximum Gasteiger partial charge on any atom is 0.233 e. The van der Waals surface area contributed by atoms with Crippen molar-refractivity contribution < 1.29 is 13.2 Å². The van der Waals surface area contributed by atoms with Crippen LogP contribution < -0.4 is 16.2 Å². The van der Waals surface area contributed by atoms with Crippen molar-refractivity contribution in [3.8, 4) is 0 Å². The zero-order chi connectivity index (χ0) is 20.4. The fraction of sp³-hybridized carbons (Fsp3) is 0.263. The van der Waals surface area contributed by atoms with Gasteiger partial charge in [-0.2, -0.15) is 0 Å². The molecule has 1 fully saturated rings. The number of hydrogen-bond acceptors (Lipinski definition) is 7. The minimum absolute atomic E-state index is 0.176. The molecule has 3 aromatic rings. The molecule has 4 rings (SSSR count). The number of ether oxygens (including phenoxy) is 1. The van der Waals surface area contributed by atoms with E-state index >= 15 is 0 Å². The van der Waals surface area contributed by atoms with Gasteiger partial charge in [-0.1, -0.05) is 18.2 Å². The predicted molar refractivity (Wildman–Crippen MR) is 112 cm³/mol. The highest BCUT2D eigenvalue weighted by Gasteiger charge is 2.28. The number of rotatable bonds is 6. The van der Waals surface area contributed by atoms with Crippen molar-refractivity contribution in [3.05, 3.63) is 53.8 Å². The Kier molecular flexibility index (Phi) is 5.22. The monoisotopic (exact) mass is 414 g/mol. The van der Waals surface area contributed by atoms with Gasteiger partial charge in [0.1, 0.15) is 11.7 Å². The van der Waals surface area contributed by atoms with Gasteiger partial charge < -0.3 is 16.2 Å². The highest BCUT2D eigenvalue weighted by molar-refractivity contribution is 7.92. The highest BCUT2D eigenvalue weighted by Crippen LogP contribution is 2.31. The summed E-state index contributed by atoms with van der Waals surface area (Å²) in [5.74, 6) is 0. The van der Waals surface area contributed by atoms with Crippen LogP contribution in [0.25, 0.3) is 17.2 Å². The lowest BCUT2D eigenvalue weighted by atomic mass is 10.2. The molecule has 3 heterocycles. The molecule has 1 aliphatic rings. The summed E-state index contributed by atoms with van der Waals surface area (Å²) in [5, 5.41) is 1.11. The van der Waals surface area contributed by atoms with Crippen LogP contribution in [0.15, 0.2) is 48.3 Å². The number of benzene rings is 1. The Labute approximate surface area is 168 Å². The molecule has 1 aromatic carbocycles. The van der Waals surface area contributed by atoms with Gasteiger partial charge in [0.15, 0.2) is 5.65 Å². The van der Waals surface area contributed by atoms with E-state index in [0.717, 1.165) is 11.8 Å². The number of nitrogen functional groups attached to an aromatic ring is 2. The van der Waals surface area contributed by atoms with Gasteiger partial charge in [-0.05, 0) is 36.6 Å². The van der Waals surface area contributed by atoms with E-state index in [0.29, 0.717) is 34.5 Å². The first kappa shape index (κ1) is 19.4. The van der Waals surface area contributed by atoms with Crippen LogP contribution in [0.5, 0.6) is 0 Å². The van der Waals surface area contributed by atoms with Crippen molar-refractivity contribution >= 4 is 38.6 Å². The molecule has 29 heavy (non-hydrogen) atoms. The molecule has 0 amide bonds. The SMILES string of the molecule is Nc1ccccc1/C=C/S(=O)(=O)NC[C@@H]1CC[C@H](n2cnc3c(N)ccnc32)O1. The van der Waals surface area contributed by atoms with E-state index < -0.39 is 10.0 Å². The number of fused-ring (bicyclic) bond motifs is 1. The topological polar surface area (TPSA) is 138 Å². The molecule has 0 aliphatic carbocycles. The zero-order valence-electron chi connectivity index (χ0n) is 15.6. The summed E-state index contributed by atoms with van der Waals surface area (Å²) >= 11 is 0. The summed E-state index contributed by atoms with van der Waals surface area (Å²) < 4.78 is 34.9. The first-order valence-corrected chi connectivity index (χ1v) is 10.7. The number of para-hydroxylation sites is 1. The van der Waals surface area contributed by atoms with Crippen LogP contribution in [0, 0.1) is 0 Å². The van der Waals surface area contributed by atoms with Gasteiger partial charge in [-0.3, -0.25) is 4.57 Å². The number of hydrogen-bond donors (Lipinski definition) is 3. The number of nitrogens with one attached hydrogen (secondary N) is 1. The van der Waals surface area contributed by atoms with Crippen molar-refractivity contribution in [2.75, 3.05) is 18.0 Å². The second-order valence-corrected chi connectivity index (χ2v) is 8.49. The average molecular weight is 414 g/mol. The second-order valence-electron chi connectivity index (χ2n) is 6.84. The van der Waals surface area contributed by atoms with E-state index in [1.54, 1.807) is 42.9 Å². The van der Waals surface area contributed by atoms with Gasteiger partial charge >= 0.3 is 0 Å². The van der Waals surface area contributed by atoms with Gasteiger partial charge in [-0.25, -0.2) is 23.1 Å². The van der Waals surface area contributed by atoms with Crippen molar-refractivity contribution in [2.24, 2.45) is 0 Å². The lowest BCUT2D eigenvalue weighted by molar-refractivity contribution is 0.00715. The molecule has 9 nitrogen and oxygen atoms in total. The Morgan fingerprint density at radius 2 is 2.00 bits per heavy atom. The summed E-state index contributed by atoms with van der Waals surface area (Å²) in [4.78, 5) is 8.62. The zero-order valence-corrected chi connectivity index (χ0v) is 16.4. The van der Waals surface area contributed by atoms with E-state index in [1.807, 2.05) is 4.57 Å². The summed E-state index contributed by atoms with van der Waals surface area (Å²) in [6, 6.07) is 8.76. The second kappa shape index (κ2) is 7.82. The van der Waals surface area contributed by atoms with Crippen LogP contribution in [0.1, 0.15) is 24.6 Å². The number of aromatic nitrogens is 3. The Balaban J connectivity index is 1.37. The van der Waals surface area contributed by atoms with Crippen LogP contribution in [0.3, 0.4) is 0 Å². The molecular weight excluding hydrogens is 392 g/mol. The maximum atomic E-state index is 12.3. The van der Waals surface area contributed by atoms with Crippen LogP contribution >= 0.6 is 0 Å². The molecule has 0 saturated carbocycles. The van der Waals surface area contributed by atoms with Gasteiger partial charge in [0, 0.05) is 23.8 Å². The number of imidazole rings is 1. The van der Waals surface area contributed by atoms with Crippen molar-refractivity contribution in [2.45, 2.75) is 25.2 Å². The van der Waals surface area contributed by atoms with Crippen molar-refractivity contribution in [1.82, 2.24) is 19.3 Å². The standard InChI is InChI=1S/C19H22N6O3S/c20-15-4-2-1-3-13(15)8-10-29(26,27)24-11-14-5-6-17(28-14)25-12-23-18-16(21)7-9-22-19(18)25/h1-4,7-10,12,14,17,24H,5-6,11,20H2,(H2,21,22)/b10-8+/t14-,17+/m0/s1. The lowest BCUT2D eigenvalue weighted by Gasteiger charge is -2.15. The van der Waals surface area contributed by atoms with E-state index in [-0.39, 0.29) is 18.9 Å². The van der Waals surface area contributed by atoms with E-state index in [2.05, 4.69) is 14.7 Å². The van der Waals surface area contributed by atoms with Gasteiger partial charge in [0.05, 0.1) is 18.1 Å². The molecule has 10 heteroatoms. The number of nitrogens with two attached hydrogens (primary N) is 2. The summed E-state index contributed by atoms with van der Waals surface area (Å²) in [5.41, 5.74) is 14.8. The number of sulfonamides is 1. The molecular formula is C19H22N6O3S. The van der Waals surface area contributed by atoms with E-state index in [9.17, 15) is 8.42 Å². The first-order chi connectivity index (χ1) is 13.9. The normalized spacial score (nSPS) is 20.0. The van der Waals surface area contributed by atoms with Gasteiger partial charge in [-0.15, -0.1) is 0 Å². The summed E-state index contributed by atoms with van der Waals surface area (Å²) in [6.07, 6.45) is 5.69. The molecule has 0 bridgehead atoms. The third-order valence-corrected chi connectivity index (χ3v) is 5.89. The minimum Gasteiger partial charge on any atom is -0.398 e. The summed E-state index contributed by atoms with van der Waals surface area (Å²) in [6.45, 7) is 0.176. The van der Waals surface area contributed by atoms with E-state index in [4.69, 9.17) is 16.2 Å². The largest absolute Gasteiger partial charge is 0.398 e. The number of anilines is 2. The first-order valence-electron chi connectivity index (χ1n) is 9.18. The summed E-state index contributed by atoms with van der Waals surface area (Å²) in [7, 11) is -3.61. The highest BCUT2D eigenvalue weighted by atomic mass is 32.2. The van der Waals surface area contributed by atoms with Crippen molar-refractivity contribution in [1.29, 1.82) is 0 Å². The molecule has 2 atom stereocenters. The molecule has 5 N–H and O–H groups in total. The van der Waals surface area contributed by atoms with Crippen LogP contribution in [-0.4, -0.2) is 35.6 Å². The fourth-order valence-electron chi connectivity index (χ4n) is 3.29. The molecule has 152 valence electrons. The molecule has 0 unspecified atom stereocenters. The molecule has 0 spiro atoms. The fourth-order valence-corrected chi connectivity index (χ4v) is 4.13. The third kappa shape index (κ3) is 4.24. The van der Waals surface area contributed by atoms with Crippen molar-refractivity contribution in [3.63, 3.8) is 0 Å². The van der Waals surface area contributed by atoms with Gasteiger partial charge in [0.2, 0.25) is 10.0 Å². The third-order valence-electron chi connectivity index (χ3n) is 4.82. The Morgan fingerprint density at radius 3 is 2.83 bits per heavy atom. The number of nitrogens with zero attached hydrogens (tertiary/aromatic N) is 3. The molecule has 1 aliphatic heterocycles. The Morgan fingerprint density at radius 1 is 1.17 bits per heavy atom. The van der Waals surface area contributed by atoms with E-state index in [1.165, 1.54) is 6.08 Å². The Bertz CT molecular complexity index is 1160. The van der Waals surface area contributed by atoms with Crippen LogP contribution in [0.2, 0.25) is 0 Å². The average Bonchev–Trinajstić information content (AvgIpc) is 3.33. The molecule has 0 radical (unpaired) electrons. The smallest absolute Gasteiger partial charge is 0.233 e. The predicted octanol–water partition coefficient (Wildman–Crippen LogP) is 1.86. The maximum absolute atomic E-state index is 12.3. The lowest BCUT2D eigenvalue weighted by Crippen LogP contribution is -2.30. The number of pyridine rings is 1. The minimum atomic E-state index is -3.61. The van der Waals surface area contributed by atoms with Crippen LogP contribution in [-0.2, 0) is 14.8 Å². The van der Waals surface area contributed by atoms with Crippen LogP contribution in [0.4, 0.5) is 11.4 Å². The van der Waals surface area contributed by atoms with Gasteiger partial charge in [0.25, 0.3) is 0 Å². The quantitative estimate of drug-likeness (QED) is 0.523. The molecule has 1 saturated heterocycles. The molecule has 2 aromatic heterocycles. The Hall–Kier alpha value is -2.95.